The van der Waals surface area contributed by atoms with Gasteiger partial charge in [0.25, 0.3) is 0 Å². The third kappa shape index (κ3) is 2.92. The topological polar surface area (TPSA) is 44.2 Å². The maximum Gasteiger partial charge on any atom is 0.212 e. The Hall–Kier alpha value is -2.40. The van der Waals surface area contributed by atoms with Crippen molar-refractivity contribution < 1.29 is 9.47 Å². The van der Waals surface area contributed by atoms with Gasteiger partial charge >= 0.3 is 0 Å². The van der Waals surface area contributed by atoms with E-state index < -0.39 is 0 Å². The van der Waals surface area contributed by atoms with Crippen molar-refractivity contribution in [1.82, 2.24) is 9.36 Å². The van der Waals surface area contributed by atoms with Crippen molar-refractivity contribution >= 4 is 11.5 Å². The molecule has 5 heteroatoms. The summed E-state index contributed by atoms with van der Waals surface area (Å²) in [6.45, 7) is 4.16. The van der Waals surface area contributed by atoms with E-state index in [9.17, 15) is 0 Å². The highest BCUT2D eigenvalue weighted by atomic mass is 32.1. The summed E-state index contributed by atoms with van der Waals surface area (Å²) in [7, 11) is 3.31. The zero-order valence-corrected chi connectivity index (χ0v) is 14.4. The quantitative estimate of drug-likeness (QED) is 0.708. The van der Waals surface area contributed by atoms with Crippen molar-refractivity contribution in [3.8, 4) is 33.2 Å². The van der Waals surface area contributed by atoms with Crippen LogP contribution in [-0.2, 0) is 0 Å². The van der Waals surface area contributed by atoms with Gasteiger partial charge in [-0.1, -0.05) is 6.07 Å². The number of pyridine rings is 1. The van der Waals surface area contributed by atoms with E-state index in [1.807, 2.05) is 24.5 Å². The van der Waals surface area contributed by atoms with Crippen LogP contribution in [0, 0.1) is 13.8 Å². The van der Waals surface area contributed by atoms with E-state index in [4.69, 9.17) is 9.47 Å². The maximum atomic E-state index is 5.50. The van der Waals surface area contributed by atoms with E-state index in [0.717, 1.165) is 32.9 Å². The maximum absolute atomic E-state index is 5.50. The smallest absolute Gasteiger partial charge is 0.212 e. The molecule has 0 spiro atoms. The molecule has 0 N–H and O–H groups in total. The van der Waals surface area contributed by atoms with Crippen molar-refractivity contribution in [3.63, 3.8) is 0 Å². The third-order valence-corrected chi connectivity index (χ3v) is 4.78. The molecule has 0 aliphatic heterocycles. The fourth-order valence-electron chi connectivity index (χ4n) is 2.48. The van der Waals surface area contributed by atoms with Gasteiger partial charge in [-0.05, 0) is 54.2 Å². The van der Waals surface area contributed by atoms with Gasteiger partial charge in [-0.2, -0.15) is 4.37 Å². The minimum Gasteiger partial charge on any atom is -0.496 e. The van der Waals surface area contributed by atoms with Crippen LogP contribution in [0.4, 0.5) is 0 Å². The first-order chi connectivity index (χ1) is 11.1. The van der Waals surface area contributed by atoms with Crippen LogP contribution in [0.1, 0.15) is 11.1 Å². The minimum atomic E-state index is 0.603. The predicted molar refractivity (Wildman–Crippen MR) is 93.4 cm³/mol. The molecule has 0 amide bonds. The van der Waals surface area contributed by atoms with Crippen LogP contribution in [0.25, 0.3) is 21.6 Å². The lowest BCUT2D eigenvalue weighted by Crippen LogP contribution is -1.92. The third-order valence-electron chi connectivity index (χ3n) is 3.93. The van der Waals surface area contributed by atoms with Gasteiger partial charge in [-0.3, -0.25) is 0 Å². The van der Waals surface area contributed by atoms with Gasteiger partial charge in [-0.25, -0.2) is 4.98 Å². The number of benzene rings is 1. The number of hydrogen-bond acceptors (Lipinski definition) is 5. The Morgan fingerprint density at radius 3 is 2.43 bits per heavy atom. The van der Waals surface area contributed by atoms with Crippen LogP contribution in [0.15, 0.2) is 36.7 Å². The lowest BCUT2D eigenvalue weighted by Gasteiger charge is -2.11. The lowest BCUT2D eigenvalue weighted by atomic mass is 10.0. The molecule has 0 unspecified atom stereocenters. The zero-order valence-electron chi connectivity index (χ0n) is 13.6. The van der Waals surface area contributed by atoms with Crippen molar-refractivity contribution in [2.24, 2.45) is 0 Å². The average Bonchev–Trinajstić information content (AvgIpc) is 3.07. The van der Waals surface area contributed by atoms with Crippen LogP contribution in [0.3, 0.4) is 0 Å². The van der Waals surface area contributed by atoms with Crippen LogP contribution < -0.4 is 9.47 Å². The van der Waals surface area contributed by atoms with E-state index in [2.05, 4.69) is 35.3 Å². The first-order valence-electron chi connectivity index (χ1n) is 7.24. The molecule has 118 valence electrons. The van der Waals surface area contributed by atoms with E-state index >= 15 is 0 Å². The number of rotatable bonds is 4. The molecular formula is C18H18N2O2S. The molecule has 4 nitrogen and oxygen atoms in total. The SMILES string of the molecule is COc1ccc(-c2cnsc2-c2cc(C)c(C)c(OC)c2)cn1. The second-order valence-corrected chi connectivity index (χ2v) is 6.08. The Morgan fingerprint density at radius 2 is 1.78 bits per heavy atom. The fraction of sp³-hybridized carbons (Fsp3) is 0.222. The first kappa shape index (κ1) is 15.5. The van der Waals surface area contributed by atoms with E-state index in [-0.39, 0.29) is 0 Å². The number of methoxy groups -OCH3 is 2. The summed E-state index contributed by atoms with van der Waals surface area (Å²) in [5.74, 6) is 1.50. The first-order valence-corrected chi connectivity index (χ1v) is 8.02. The van der Waals surface area contributed by atoms with Gasteiger partial charge < -0.3 is 9.47 Å². The summed E-state index contributed by atoms with van der Waals surface area (Å²) in [6.07, 6.45) is 3.69. The highest BCUT2D eigenvalue weighted by Crippen LogP contribution is 2.38. The molecule has 23 heavy (non-hydrogen) atoms. The molecule has 0 atom stereocenters. The van der Waals surface area contributed by atoms with Crippen molar-refractivity contribution in [1.29, 1.82) is 0 Å². The molecule has 0 fully saturated rings. The summed E-state index contributed by atoms with van der Waals surface area (Å²) in [5, 5.41) is 0. The van der Waals surface area contributed by atoms with Gasteiger partial charge in [0, 0.05) is 29.6 Å². The monoisotopic (exact) mass is 326 g/mol. The fourth-order valence-corrected chi connectivity index (χ4v) is 3.24. The molecule has 1 aromatic carbocycles. The second kappa shape index (κ2) is 6.38. The molecule has 0 saturated carbocycles. The molecule has 0 saturated heterocycles. The Bertz CT molecular complexity index is 826. The zero-order chi connectivity index (χ0) is 16.4. The molecule has 3 aromatic rings. The normalized spacial score (nSPS) is 10.6. The highest BCUT2D eigenvalue weighted by molar-refractivity contribution is 7.10. The van der Waals surface area contributed by atoms with Gasteiger partial charge in [0.1, 0.15) is 5.75 Å². The highest BCUT2D eigenvalue weighted by Gasteiger charge is 2.14. The number of nitrogens with zero attached hydrogens (tertiary/aromatic N) is 2. The molecule has 0 radical (unpaired) electrons. The van der Waals surface area contributed by atoms with Gasteiger partial charge in [0.05, 0.1) is 19.1 Å². The van der Waals surface area contributed by atoms with E-state index in [1.54, 1.807) is 14.2 Å². The van der Waals surface area contributed by atoms with Crippen molar-refractivity contribution in [3.05, 3.63) is 47.8 Å². The van der Waals surface area contributed by atoms with Crippen LogP contribution in [-0.4, -0.2) is 23.6 Å². The standard InChI is InChI=1S/C18H18N2O2S/c1-11-7-14(8-16(21-3)12(11)2)18-15(10-20-23-18)13-5-6-17(22-4)19-9-13/h5-10H,1-4H3. The lowest BCUT2D eigenvalue weighted by molar-refractivity contribution is 0.398. The molecule has 2 aromatic heterocycles. The number of aromatic nitrogens is 2. The van der Waals surface area contributed by atoms with Crippen LogP contribution >= 0.6 is 11.5 Å². The summed E-state index contributed by atoms with van der Waals surface area (Å²) in [6, 6.07) is 8.09. The molecule has 0 aliphatic carbocycles. The molecule has 0 bridgehead atoms. The largest absolute Gasteiger partial charge is 0.496 e. The Labute approximate surface area is 139 Å². The van der Waals surface area contributed by atoms with Gasteiger partial charge in [0.2, 0.25) is 5.88 Å². The van der Waals surface area contributed by atoms with E-state index in [0.29, 0.717) is 5.88 Å². The summed E-state index contributed by atoms with van der Waals surface area (Å²) in [4.78, 5) is 5.39. The second-order valence-electron chi connectivity index (χ2n) is 5.28. The Morgan fingerprint density at radius 1 is 0.957 bits per heavy atom. The molecular weight excluding hydrogens is 308 g/mol. The summed E-state index contributed by atoms with van der Waals surface area (Å²) in [5.41, 5.74) is 5.56. The molecule has 0 aliphatic rings. The Kier molecular flexibility index (Phi) is 4.30. The number of aryl methyl sites for hydroxylation is 1. The average molecular weight is 326 g/mol. The van der Waals surface area contributed by atoms with Crippen LogP contribution in [0.5, 0.6) is 11.6 Å². The van der Waals surface area contributed by atoms with Crippen molar-refractivity contribution in [2.75, 3.05) is 14.2 Å². The number of hydrogen-bond donors (Lipinski definition) is 0. The van der Waals surface area contributed by atoms with Crippen LogP contribution in [0.2, 0.25) is 0 Å². The van der Waals surface area contributed by atoms with Gasteiger partial charge in [0.15, 0.2) is 0 Å². The summed E-state index contributed by atoms with van der Waals surface area (Å²) >= 11 is 1.48. The predicted octanol–water partition coefficient (Wildman–Crippen LogP) is 4.51. The minimum absolute atomic E-state index is 0.603. The number of ether oxygens (including phenoxy) is 2. The molecule has 3 rings (SSSR count). The summed E-state index contributed by atoms with van der Waals surface area (Å²) < 4.78 is 15.0. The van der Waals surface area contributed by atoms with E-state index in [1.165, 1.54) is 17.1 Å². The van der Waals surface area contributed by atoms with Crippen molar-refractivity contribution in [2.45, 2.75) is 13.8 Å². The Balaban J connectivity index is 2.09. The van der Waals surface area contributed by atoms with Gasteiger partial charge in [-0.15, -0.1) is 0 Å². The molecule has 2 heterocycles.